The fourth-order valence-corrected chi connectivity index (χ4v) is 3.21. The van der Waals surface area contributed by atoms with Gasteiger partial charge in [-0.25, -0.2) is 9.59 Å². The highest BCUT2D eigenvalue weighted by Gasteiger charge is 2.53. The number of amides is 1. The minimum absolute atomic E-state index is 0.250. The topological polar surface area (TPSA) is 74.3 Å². The number of hydrogen-bond acceptors (Lipinski definition) is 6. The van der Waals surface area contributed by atoms with Crippen LogP contribution in [-0.2, 0) is 23.6 Å². The van der Waals surface area contributed by atoms with Gasteiger partial charge in [0.05, 0.1) is 24.9 Å². The Morgan fingerprint density at radius 2 is 1.70 bits per heavy atom. The van der Waals surface area contributed by atoms with Gasteiger partial charge in [-0.3, -0.25) is 0 Å². The number of nitrogens with zero attached hydrogens (tertiary/aromatic N) is 1. The van der Waals surface area contributed by atoms with Crippen molar-refractivity contribution in [2.45, 2.75) is 71.0 Å². The number of rotatable bonds is 6. The van der Waals surface area contributed by atoms with Gasteiger partial charge in [-0.1, -0.05) is 0 Å². The summed E-state index contributed by atoms with van der Waals surface area (Å²) < 4.78 is 22.4. The van der Waals surface area contributed by atoms with Gasteiger partial charge in [-0.2, -0.15) is 0 Å². The van der Waals surface area contributed by atoms with Crippen LogP contribution in [0.5, 0.6) is 0 Å². The molecule has 1 heterocycles. The molecule has 0 radical (unpaired) electrons. The lowest BCUT2D eigenvalue weighted by Crippen LogP contribution is -2.41. The number of carbonyl (C=O) groups excluding carboxylic acids is 2. The normalized spacial score (nSPS) is 21.2. The van der Waals surface area contributed by atoms with Crippen molar-refractivity contribution in [3.05, 3.63) is 11.0 Å². The molecule has 0 atom stereocenters. The van der Waals surface area contributed by atoms with Crippen LogP contribution in [0.1, 0.15) is 59.8 Å². The summed E-state index contributed by atoms with van der Waals surface area (Å²) in [7, 11) is 2.49. The van der Waals surface area contributed by atoms with Crippen molar-refractivity contribution in [3.8, 4) is 0 Å². The van der Waals surface area contributed by atoms with E-state index in [2.05, 4.69) is 4.74 Å². The molecule has 7 nitrogen and oxygen atoms in total. The highest BCUT2D eigenvalue weighted by molar-refractivity contribution is 6.55. The molecule has 0 spiro atoms. The molecule has 0 aromatic heterocycles. The maximum Gasteiger partial charge on any atom is 0.491 e. The van der Waals surface area contributed by atoms with Crippen molar-refractivity contribution in [1.29, 1.82) is 0 Å². The monoisotopic (exact) mass is 381 g/mol. The van der Waals surface area contributed by atoms with Crippen LogP contribution in [0.2, 0.25) is 0 Å². The van der Waals surface area contributed by atoms with Crippen molar-refractivity contribution in [2.24, 2.45) is 0 Å². The highest BCUT2D eigenvalue weighted by Crippen LogP contribution is 2.41. The van der Waals surface area contributed by atoms with Crippen LogP contribution in [0.25, 0.3) is 0 Å². The Hall–Kier alpha value is -1.54. The largest absolute Gasteiger partial charge is 0.491 e. The molecule has 1 saturated heterocycles. The van der Waals surface area contributed by atoms with E-state index in [1.165, 1.54) is 12.0 Å². The zero-order chi connectivity index (χ0) is 20.2. The van der Waals surface area contributed by atoms with E-state index in [9.17, 15) is 9.59 Å². The molecule has 2 rings (SSSR count). The molecular weight excluding hydrogens is 349 g/mol. The highest BCUT2D eigenvalue weighted by atomic mass is 16.7. The molecule has 152 valence electrons. The summed E-state index contributed by atoms with van der Waals surface area (Å²) in [6, 6.07) is 0. The first kappa shape index (κ1) is 21.8. The Labute approximate surface area is 162 Å². The third-order valence-corrected chi connectivity index (χ3v) is 5.65. The van der Waals surface area contributed by atoms with Gasteiger partial charge < -0.3 is 23.7 Å². The van der Waals surface area contributed by atoms with Gasteiger partial charge in [0.25, 0.3) is 0 Å². The number of methoxy groups -OCH3 is 1. The zero-order valence-electron chi connectivity index (χ0n) is 17.4. The van der Waals surface area contributed by atoms with E-state index in [0.717, 1.165) is 24.7 Å². The number of esters is 1. The zero-order valence-corrected chi connectivity index (χ0v) is 17.4. The lowest BCUT2D eigenvalue weighted by molar-refractivity contribution is -0.139. The van der Waals surface area contributed by atoms with Crippen LogP contribution in [-0.4, -0.2) is 62.6 Å². The summed E-state index contributed by atoms with van der Waals surface area (Å²) in [5.74, 6) is -0.305. The van der Waals surface area contributed by atoms with Gasteiger partial charge in [0.2, 0.25) is 0 Å². The van der Waals surface area contributed by atoms with Crippen LogP contribution in [0.15, 0.2) is 11.0 Å². The standard InChI is InChI=1S/C19H32BNO6/c1-18(2)19(3,4)27-20(26-18)15-11-8-7-10-14(15)16(22)25-13-9-12-21(5)17(23)24-6/h7-13H2,1-6H3. The van der Waals surface area contributed by atoms with E-state index in [-0.39, 0.29) is 12.6 Å². The maximum atomic E-state index is 12.6. The molecule has 2 aliphatic rings. The van der Waals surface area contributed by atoms with E-state index in [1.807, 2.05) is 27.7 Å². The summed E-state index contributed by atoms with van der Waals surface area (Å²) in [5.41, 5.74) is 0.725. The Morgan fingerprint density at radius 1 is 1.11 bits per heavy atom. The Morgan fingerprint density at radius 3 is 2.30 bits per heavy atom. The second kappa shape index (κ2) is 8.65. The number of allylic oxidation sites excluding steroid dienone is 1. The SMILES string of the molecule is COC(=O)N(C)CCCOC(=O)C1=C(B2OC(C)(C)C(C)(C)O2)CCCC1. The first-order chi connectivity index (χ1) is 12.6. The molecule has 0 saturated carbocycles. The van der Waals surface area contributed by atoms with Gasteiger partial charge in [-0.15, -0.1) is 0 Å². The second-order valence-corrected chi connectivity index (χ2v) is 8.18. The average Bonchev–Trinajstić information content (AvgIpc) is 2.85. The van der Waals surface area contributed by atoms with E-state index < -0.39 is 24.4 Å². The predicted molar refractivity (Wildman–Crippen MR) is 102 cm³/mol. The average molecular weight is 381 g/mol. The van der Waals surface area contributed by atoms with E-state index in [1.54, 1.807) is 7.05 Å². The second-order valence-electron chi connectivity index (χ2n) is 8.18. The molecule has 27 heavy (non-hydrogen) atoms. The molecule has 1 fully saturated rings. The van der Waals surface area contributed by atoms with Crippen molar-refractivity contribution in [1.82, 2.24) is 4.90 Å². The molecule has 0 N–H and O–H groups in total. The number of carbonyl (C=O) groups is 2. The first-order valence-electron chi connectivity index (χ1n) is 9.63. The van der Waals surface area contributed by atoms with Crippen LogP contribution in [0.3, 0.4) is 0 Å². The van der Waals surface area contributed by atoms with E-state index >= 15 is 0 Å². The van der Waals surface area contributed by atoms with Crippen molar-refractivity contribution in [2.75, 3.05) is 27.3 Å². The fraction of sp³-hybridized carbons (Fsp3) is 0.789. The molecule has 0 aromatic carbocycles. The van der Waals surface area contributed by atoms with Crippen molar-refractivity contribution in [3.63, 3.8) is 0 Å². The lowest BCUT2D eigenvalue weighted by Gasteiger charge is -2.32. The third-order valence-electron chi connectivity index (χ3n) is 5.65. The van der Waals surface area contributed by atoms with Gasteiger partial charge in [0.1, 0.15) is 0 Å². The summed E-state index contributed by atoms with van der Waals surface area (Å²) in [4.78, 5) is 25.4. The van der Waals surface area contributed by atoms with Gasteiger partial charge in [0, 0.05) is 19.2 Å². The molecule has 0 unspecified atom stereocenters. The molecule has 1 aliphatic carbocycles. The predicted octanol–water partition coefficient (Wildman–Crippen LogP) is 3.12. The minimum Gasteiger partial charge on any atom is -0.462 e. The van der Waals surface area contributed by atoms with Crippen molar-refractivity contribution < 1.29 is 28.4 Å². The van der Waals surface area contributed by atoms with Crippen LogP contribution in [0, 0.1) is 0 Å². The molecule has 0 aromatic rings. The summed E-state index contributed by atoms with van der Waals surface area (Å²) in [6.45, 7) is 8.74. The molecule has 1 amide bonds. The smallest absolute Gasteiger partial charge is 0.462 e. The fourth-order valence-electron chi connectivity index (χ4n) is 3.21. The Bertz CT molecular complexity index is 585. The summed E-state index contributed by atoms with van der Waals surface area (Å²) >= 11 is 0. The Kier molecular flexibility index (Phi) is 6.97. The third kappa shape index (κ3) is 5.05. The summed E-state index contributed by atoms with van der Waals surface area (Å²) in [6.07, 6.45) is 3.58. The van der Waals surface area contributed by atoms with Gasteiger partial charge in [-0.05, 0) is 65.3 Å². The van der Waals surface area contributed by atoms with E-state index in [4.69, 9.17) is 14.0 Å². The van der Waals surface area contributed by atoms with Crippen LogP contribution in [0.4, 0.5) is 4.79 Å². The minimum atomic E-state index is -0.497. The Balaban J connectivity index is 1.97. The lowest BCUT2D eigenvalue weighted by atomic mass is 9.69. The number of hydrogen-bond donors (Lipinski definition) is 0. The molecule has 1 aliphatic heterocycles. The maximum absolute atomic E-state index is 12.6. The first-order valence-corrected chi connectivity index (χ1v) is 9.63. The van der Waals surface area contributed by atoms with E-state index in [0.29, 0.717) is 25.0 Å². The molecule has 8 heteroatoms. The quantitative estimate of drug-likeness (QED) is 0.400. The molecule has 0 bridgehead atoms. The number of ether oxygens (including phenoxy) is 2. The van der Waals surface area contributed by atoms with Crippen LogP contribution >= 0.6 is 0 Å². The van der Waals surface area contributed by atoms with Gasteiger partial charge in [0.15, 0.2) is 0 Å². The van der Waals surface area contributed by atoms with Crippen LogP contribution < -0.4 is 0 Å². The van der Waals surface area contributed by atoms with Gasteiger partial charge >= 0.3 is 19.2 Å². The van der Waals surface area contributed by atoms with Crippen molar-refractivity contribution >= 4 is 19.2 Å². The molecular formula is C19H32BNO6. The summed E-state index contributed by atoms with van der Waals surface area (Å²) in [5, 5.41) is 0.